The van der Waals surface area contributed by atoms with Crippen LogP contribution < -0.4 is 9.64 Å². The lowest BCUT2D eigenvalue weighted by Crippen LogP contribution is -2.46. The van der Waals surface area contributed by atoms with Gasteiger partial charge in [-0.05, 0) is 25.0 Å². The Hall–Kier alpha value is -2.15. The molecule has 3 rings (SSSR count). The molecule has 130 valence electrons. The summed E-state index contributed by atoms with van der Waals surface area (Å²) in [6.07, 6.45) is 3.54. The number of rotatable bonds is 6. The molecule has 7 nitrogen and oxygen atoms in total. The highest BCUT2D eigenvalue weighted by Crippen LogP contribution is 2.29. The van der Waals surface area contributed by atoms with Gasteiger partial charge in [0.1, 0.15) is 6.54 Å². The molecular formula is C17H23N3O4. The lowest BCUT2D eigenvalue weighted by atomic mass is 10.1. The van der Waals surface area contributed by atoms with E-state index >= 15 is 0 Å². The number of hydrogen-bond acceptors (Lipinski definition) is 5. The van der Waals surface area contributed by atoms with E-state index < -0.39 is 0 Å². The van der Waals surface area contributed by atoms with Gasteiger partial charge in [0.05, 0.1) is 6.61 Å². The fourth-order valence-corrected chi connectivity index (χ4v) is 3.02. The molecule has 1 atom stereocenters. The van der Waals surface area contributed by atoms with Crippen molar-refractivity contribution >= 4 is 17.6 Å². The van der Waals surface area contributed by atoms with Crippen molar-refractivity contribution in [1.82, 2.24) is 9.88 Å². The van der Waals surface area contributed by atoms with E-state index in [1.165, 1.54) is 4.90 Å². The Morgan fingerprint density at radius 3 is 3.21 bits per heavy atom. The van der Waals surface area contributed by atoms with Crippen LogP contribution in [-0.4, -0.2) is 61.2 Å². The van der Waals surface area contributed by atoms with Gasteiger partial charge in [-0.15, -0.1) is 0 Å². The Morgan fingerprint density at radius 1 is 1.50 bits per heavy atom. The van der Waals surface area contributed by atoms with Crippen LogP contribution in [0.3, 0.4) is 0 Å². The number of pyridine rings is 1. The van der Waals surface area contributed by atoms with E-state index in [4.69, 9.17) is 9.47 Å². The van der Waals surface area contributed by atoms with Crippen LogP contribution in [0.2, 0.25) is 0 Å². The number of hydrogen-bond donors (Lipinski definition) is 0. The molecule has 2 aliphatic rings. The highest BCUT2D eigenvalue weighted by Gasteiger charge is 2.32. The molecule has 1 unspecified atom stereocenters. The molecule has 24 heavy (non-hydrogen) atoms. The second-order valence-corrected chi connectivity index (χ2v) is 6.16. The van der Waals surface area contributed by atoms with Crippen molar-refractivity contribution in [3.8, 4) is 5.75 Å². The van der Waals surface area contributed by atoms with E-state index in [0.717, 1.165) is 19.4 Å². The van der Waals surface area contributed by atoms with Crippen molar-refractivity contribution in [3.05, 3.63) is 18.3 Å². The smallest absolute Gasteiger partial charge is 0.266 e. The normalized spacial score (nSPS) is 20.0. The summed E-state index contributed by atoms with van der Waals surface area (Å²) in [6.45, 7) is 4.89. The van der Waals surface area contributed by atoms with Gasteiger partial charge >= 0.3 is 0 Å². The van der Waals surface area contributed by atoms with Crippen molar-refractivity contribution in [2.24, 2.45) is 5.92 Å². The third-order valence-corrected chi connectivity index (χ3v) is 4.29. The second kappa shape index (κ2) is 7.61. The maximum Gasteiger partial charge on any atom is 0.266 e. The first kappa shape index (κ1) is 16.7. The molecule has 2 aliphatic heterocycles. The molecular weight excluding hydrogens is 310 g/mol. The van der Waals surface area contributed by atoms with Crippen LogP contribution in [0.1, 0.15) is 19.8 Å². The number of fused-ring (bicyclic) bond motifs is 1. The second-order valence-electron chi connectivity index (χ2n) is 6.16. The third-order valence-electron chi connectivity index (χ3n) is 4.29. The Labute approximate surface area is 141 Å². The van der Waals surface area contributed by atoms with Gasteiger partial charge in [0, 0.05) is 31.8 Å². The van der Waals surface area contributed by atoms with Crippen molar-refractivity contribution in [2.45, 2.75) is 19.8 Å². The van der Waals surface area contributed by atoms with Gasteiger partial charge in [-0.2, -0.15) is 0 Å². The maximum absolute atomic E-state index is 12.6. The van der Waals surface area contributed by atoms with Crippen molar-refractivity contribution < 1.29 is 19.1 Å². The predicted octanol–water partition coefficient (Wildman–Crippen LogP) is 1.08. The van der Waals surface area contributed by atoms with Gasteiger partial charge < -0.3 is 14.4 Å². The zero-order chi connectivity index (χ0) is 16.9. The predicted molar refractivity (Wildman–Crippen MR) is 87.9 cm³/mol. The third kappa shape index (κ3) is 3.67. The Bertz CT molecular complexity index is 607. The van der Waals surface area contributed by atoms with E-state index in [0.29, 0.717) is 37.2 Å². The quantitative estimate of drug-likeness (QED) is 0.729. The zero-order valence-electron chi connectivity index (χ0n) is 13.9. The number of carbonyl (C=O) groups excluding carboxylic acids is 2. The number of nitrogens with zero attached hydrogens (tertiary/aromatic N) is 3. The number of aromatic nitrogens is 1. The van der Waals surface area contributed by atoms with Crippen molar-refractivity contribution in [1.29, 1.82) is 0 Å². The van der Waals surface area contributed by atoms with Gasteiger partial charge in [-0.1, -0.05) is 6.92 Å². The van der Waals surface area contributed by atoms with Gasteiger partial charge in [-0.3, -0.25) is 14.5 Å². The molecule has 1 aromatic heterocycles. The van der Waals surface area contributed by atoms with Gasteiger partial charge in [-0.25, -0.2) is 4.98 Å². The Morgan fingerprint density at radius 2 is 2.38 bits per heavy atom. The maximum atomic E-state index is 12.6. The van der Waals surface area contributed by atoms with E-state index in [2.05, 4.69) is 11.9 Å². The van der Waals surface area contributed by atoms with E-state index in [1.54, 1.807) is 18.3 Å². The van der Waals surface area contributed by atoms with Crippen molar-refractivity contribution in [2.75, 3.05) is 44.4 Å². The van der Waals surface area contributed by atoms with E-state index in [1.807, 2.05) is 4.90 Å². The Balaban J connectivity index is 1.58. The highest BCUT2D eigenvalue weighted by molar-refractivity contribution is 6.01. The fraction of sp³-hybridized carbons (Fsp3) is 0.588. The topological polar surface area (TPSA) is 72.0 Å². The Kier molecular flexibility index (Phi) is 5.30. The minimum Gasteiger partial charge on any atom is -0.480 e. The number of carbonyl (C=O) groups is 2. The number of anilines is 1. The lowest BCUT2D eigenvalue weighted by molar-refractivity contribution is -0.131. The fourth-order valence-electron chi connectivity index (χ4n) is 3.02. The van der Waals surface area contributed by atoms with E-state index in [9.17, 15) is 9.59 Å². The molecule has 0 radical (unpaired) electrons. The van der Waals surface area contributed by atoms with Crippen molar-refractivity contribution in [3.63, 3.8) is 0 Å². The number of ether oxygens (including phenoxy) is 2. The lowest BCUT2D eigenvalue weighted by Gasteiger charge is -2.29. The van der Waals surface area contributed by atoms with Crippen LogP contribution in [0.5, 0.6) is 5.75 Å². The van der Waals surface area contributed by atoms with Gasteiger partial charge in [0.25, 0.3) is 5.91 Å². The molecule has 0 N–H and O–H groups in total. The molecule has 0 aromatic carbocycles. The molecule has 0 bridgehead atoms. The summed E-state index contributed by atoms with van der Waals surface area (Å²) >= 11 is 0. The standard InChI is InChI=1S/C17H23N3O4/c1-2-8-23-11-13-5-7-19(9-13)15(21)10-20-16(22)12-24-14-4-3-6-18-17(14)20/h3-4,6,13H,2,5,7-12H2,1H3. The summed E-state index contributed by atoms with van der Waals surface area (Å²) in [6, 6.07) is 3.50. The summed E-state index contributed by atoms with van der Waals surface area (Å²) < 4.78 is 10.9. The summed E-state index contributed by atoms with van der Waals surface area (Å²) in [5, 5.41) is 0. The average molecular weight is 333 g/mol. The summed E-state index contributed by atoms with van der Waals surface area (Å²) in [5.74, 6) is 1.05. The van der Waals surface area contributed by atoms with Crippen LogP contribution in [0, 0.1) is 5.92 Å². The molecule has 0 aliphatic carbocycles. The molecule has 1 saturated heterocycles. The molecule has 3 heterocycles. The highest BCUT2D eigenvalue weighted by atomic mass is 16.5. The minimum atomic E-state index is -0.239. The summed E-state index contributed by atoms with van der Waals surface area (Å²) in [5.41, 5.74) is 0. The molecule has 7 heteroatoms. The van der Waals surface area contributed by atoms with Crippen LogP contribution in [0.15, 0.2) is 18.3 Å². The molecule has 1 fully saturated rings. The number of amides is 2. The van der Waals surface area contributed by atoms with Gasteiger partial charge in [0.15, 0.2) is 18.2 Å². The van der Waals surface area contributed by atoms with E-state index in [-0.39, 0.29) is 25.0 Å². The molecule has 2 amide bonds. The first-order valence-corrected chi connectivity index (χ1v) is 8.42. The van der Waals surface area contributed by atoms with Crippen LogP contribution in [-0.2, 0) is 14.3 Å². The largest absolute Gasteiger partial charge is 0.480 e. The zero-order valence-corrected chi connectivity index (χ0v) is 13.9. The number of likely N-dealkylation sites (tertiary alicyclic amines) is 1. The first-order valence-electron chi connectivity index (χ1n) is 8.42. The SMILES string of the molecule is CCCOCC1CCN(C(=O)CN2C(=O)COc3cccnc32)C1. The first-order chi connectivity index (χ1) is 11.7. The molecule has 1 aromatic rings. The van der Waals surface area contributed by atoms with Gasteiger partial charge in [0.2, 0.25) is 5.91 Å². The summed E-state index contributed by atoms with van der Waals surface area (Å²) in [7, 11) is 0. The monoisotopic (exact) mass is 333 g/mol. The molecule has 0 spiro atoms. The minimum absolute atomic E-state index is 0.00867. The summed E-state index contributed by atoms with van der Waals surface area (Å²) in [4.78, 5) is 32.1. The van der Waals surface area contributed by atoms with Crippen LogP contribution >= 0.6 is 0 Å². The molecule has 0 saturated carbocycles. The average Bonchev–Trinajstić information content (AvgIpc) is 3.07. The van der Waals surface area contributed by atoms with Crippen LogP contribution in [0.4, 0.5) is 5.82 Å². The van der Waals surface area contributed by atoms with Crippen LogP contribution in [0.25, 0.3) is 0 Å².